The Morgan fingerprint density at radius 1 is 1.41 bits per heavy atom. The van der Waals surface area contributed by atoms with Crippen LogP contribution in [0, 0.1) is 0 Å². The zero-order chi connectivity index (χ0) is 13.1. The fraction of sp³-hybridized carbons (Fsp3) is 0.308. The molecule has 17 heavy (non-hydrogen) atoms. The lowest BCUT2D eigenvalue weighted by molar-refractivity contribution is -0.134. The molecule has 0 amide bonds. The number of rotatable bonds is 3. The van der Waals surface area contributed by atoms with Crippen molar-refractivity contribution >= 4 is 12.0 Å². The standard InChI is InChI=1S/C13H16O4/c1-13(2,16)10-6-4-9(8-11(10)14)5-7-12(15)17-3/h4-8,14,16H,1-3H3. The first kappa shape index (κ1) is 13.3. The number of hydrogen-bond acceptors (Lipinski definition) is 4. The van der Waals surface area contributed by atoms with Gasteiger partial charge in [0, 0.05) is 11.6 Å². The van der Waals surface area contributed by atoms with Crippen LogP contribution in [0.25, 0.3) is 6.08 Å². The number of benzene rings is 1. The van der Waals surface area contributed by atoms with E-state index in [1.54, 1.807) is 26.0 Å². The van der Waals surface area contributed by atoms with Crippen LogP contribution < -0.4 is 0 Å². The number of hydrogen-bond donors (Lipinski definition) is 2. The molecule has 1 aromatic rings. The molecule has 1 aromatic carbocycles. The van der Waals surface area contributed by atoms with E-state index in [4.69, 9.17) is 0 Å². The minimum Gasteiger partial charge on any atom is -0.508 e. The van der Waals surface area contributed by atoms with Gasteiger partial charge in [0.05, 0.1) is 12.7 Å². The van der Waals surface area contributed by atoms with Gasteiger partial charge in [0.2, 0.25) is 0 Å². The number of esters is 1. The molecule has 4 heteroatoms. The van der Waals surface area contributed by atoms with Crippen LogP contribution in [0.4, 0.5) is 0 Å². The van der Waals surface area contributed by atoms with E-state index in [-0.39, 0.29) is 5.75 Å². The third kappa shape index (κ3) is 3.60. The van der Waals surface area contributed by atoms with Crippen molar-refractivity contribution in [3.05, 3.63) is 35.4 Å². The van der Waals surface area contributed by atoms with Crippen molar-refractivity contribution in [1.82, 2.24) is 0 Å². The highest BCUT2D eigenvalue weighted by Gasteiger charge is 2.19. The highest BCUT2D eigenvalue weighted by Crippen LogP contribution is 2.29. The van der Waals surface area contributed by atoms with Crippen molar-refractivity contribution < 1.29 is 19.7 Å². The molecule has 0 aliphatic rings. The van der Waals surface area contributed by atoms with Crippen molar-refractivity contribution in [3.63, 3.8) is 0 Å². The Morgan fingerprint density at radius 2 is 2.06 bits per heavy atom. The molecule has 0 saturated carbocycles. The van der Waals surface area contributed by atoms with E-state index in [2.05, 4.69) is 4.74 Å². The molecule has 92 valence electrons. The van der Waals surface area contributed by atoms with Gasteiger partial charge in [0.25, 0.3) is 0 Å². The van der Waals surface area contributed by atoms with Gasteiger partial charge in [0.15, 0.2) is 0 Å². The number of phenols is 1. The molecule has 0 aliphatic heterocycles. The van der Waals surface area contributed by atoms with Gasteiger partial charge in [-0.05, 0) is 31.6 Å². The fourth-order valence-electron chi connectivity index (χ4n) is 1.40. The Hall–Kier alpha value is -1.81. The number of carbonyl (C=O) groups excluding carboxylic acids is 1. The maximum absolute atomic E-state index is 10.9. The molecule has 0 fully saturated rings. The van der Waals surface area contributed by atoms with Gasteiger partial charge in [-0.3, -0.25) is 0 Å². The van der Waals surface area contributed by atoms with Crippen molar-refractivity contribution in [2.75, 3.05) is 7.11 Å². The van der Waals surface area contributed by atoms with Crippen molar-refractivity contribution in [1.29, 1.82) is 0 Å². The normalized spacial score (nSPS) is 11.8. The second-order valence-corrected chi connectivity index (χ2v) is 4.19. The Bertz CT molecular complexity index is 441. The lowest BCUT2D eigenvalue weighted by atomic mass is 9.96. The maximum atomic E-state index is 10.9. The number of carbonyl (C=O) groups is 1. The number of methoxy groups -OCH3 is 1. The minimum atomic E-state index is -1.10. The van der Waals surface area contributed by atoms with Crippen LogP contribution >= 0.6 is 0 Å². The fourth-order valence-corrected chi connectivity index (χ4v) is 1.40. The Kier molecular flexibility index (Phi) is 3.91. The molecule has 4 nitrogen and oxygen atoms in total. The average molecular weight is 236 g/mol. The molecule has 0 aromatic heterocycles. The molecular weight excluding hydrogens is 220 g/mol. The SMILES string of the molecule is COC(=O)C=Cc1ccc(C(C)(C)O)c(O)c1. The summed E-state index contributed by atoms with van der Waals surface area (Å²) in [6, 6.07) is 4.80. The first-order chi connectivity index (χ1) is 7.84. The second-order valence-electron chi connectivity index (χ2n) is 4.19. The summed E-state index contributed by atoms with van der Waals surface area (Å²) in [6.45, 7) is 3.18. The van der Waals surface area contributed by atoms with E-state index >= 15 is 0 Å². The summed E-state index contributed by atoms with van der Waals surface area (Å²) in [7, 11) is 1.29. The lowest BCUT2D eigenvalue weighted by Crippen LogP contribution is -2.15. The van der Waals surface area contributed by atoms with Gasteiger partial charge in [-0.1, -0.05) is 12.1 Å². The number of aliphatic hydroxyl groups is 1. The summed E-state index contributed by atoms with van der Waals surface area (Å²) in [5.41, 5.74) is -0.0112. The predicted octanol–water partition coefficient (Wildman–Crippen LogP) is 1.81. The van der Waals surface area contributed by atoms with E-state index in [1.165, 1.54) is 25.3 Å². The third-order valence-electron chi connectivity index (χ3n) is 2.29. The summed E-state index contributed by atoms with van der Waals surface area (Å²) in [6.07, 6.45) is 2.79. The summed E-state index contributed by atoms with van der Waals surface area (Å²) in [5, 5.41) is 19.5. The smallest absolute Gasteiger partial charge is 0.330 e. The van der Waals surface area contributed by atoms with Crippen molar-refractivity contribution in [2.45, 2.75) is 19.4 Å². The lowest BCUT2D eigenvalue weighted by Gasteiger charge is -2.19. The Balaban J connectivity index is 2.98. The number of aromatic hydroxyl groups is 1. The van der Waals surface area contributed by atoms with Gasteiger partial charge in [-0.2, -0.15) is 0 Å². The topological polar surface area (TPSA) is 66.8 Å². The van der Waals surface area contributed by atoms with Crippen molar-refractivity contribution in [3.8, 4) is 5.75 Å². The van der Waals surface area contributed by atoms with Crippen LogP contribution in [-0.4, -0.2) is 23.3 Å². The molecule has 1 rings (SSSR count). The van der Waals surface area contributed by atoms with Gasteiger partial charge in [-0.15, -0.1) is 0 Å². The van der Waals surface area contributed by atoms with Gasteiger partial charge in [0.1, 0.15) is 5.75 Å². The molecule has 0 radical (unpaired) electrons. The van der Waals surface area contributed by atoms with Crippen LogP contribution in [0.2, 0.25) is 0 Å². The molecule has 0 spiro atoms. The van der Waals surface area contributed by atoms with Crippen LogP contribution in [-0.2, 0) is 15.1 Å². The monoisotopic (exact) mass is 236 g/mol. The maximum Gasteiger partial charge on any atom is 0.330 e. The molecule has 2 N–H and O–H groups in total. The molecule has 0 unspecified atom stereocenters. The van der Waals surface area contributed by atoms with E-state index < -0.39 is 11.6 Å². The molecule has 0 atom stereocenters. The van der Waals surface area contributed by atoms with E-state index in [0.717, 1.165) is 0 Å². The average Bonchev–Trinajstić information content (AvgIpc) is 2.24. The van der Waals surface area contributed by atoms with Gasteiger partial charge >= 0.3 is 5.97 Å². The molecule has 0 saturated heterocycles. The summed E-state index contributed by atoms with van der Waals surface area (Å²) in [5.74, 6) is -0.472. The van der Waals surface area contributed by atoms with Gasteiger partial charge in [-0.25, -0.2) is 4.79 Å². The first-order valence-corrected chi connectivity index (χ1v) is 5.16. The molecule has 0 aliphatic carbocycles. The quantitative estimate of drug-likeness (QED) is 0.620. The Labute approximate surface area is 100 Å². The zero-order valence-electron chi connectivity index (χ0n) is 10.1. The van der Waals surface area contributed by atoms with Crippen LogP contribution in [0.15, 0.2) is 24.3 Å². The van der Waals surface area contributed by atoms with Crippen LogP contribution in [0.3, 0.4) is 0 Å². The van der Waals surface area contributed by atoms with Crippen LogP contribution in [0.1, 0.15) is 25.0 Å². The number of ether oxygens (including phenoxy) is 1. The Morgan fingerprint density at radius 3 is 2.53 bits per heavy atom. The minimum absolute atomic E-state index is 0.00971. The largest absolute Gasteiger partial charge is 0.508 e. The molecule has 0 heterocycles. The second kappa shape index (κ2) is 5.01. The zero-order valence-corrected chi connectivity index (χ0v) is 10.1. The van der Waals surface area contributed by atoms with E-state index in [9.17, 15) is 15.0 Å². The molecular formula is C13H16O4. The summed E-state index contributed by atoms with van der Waals surface area (Å²) in [4.78, 5) is 10.9. The van der Waals surface area contributed by atoms with Crippen molar-refractivity contribution in [2.24, 2.45) is 0 Å². The predicted molar refractivity (Wildman–Crippen MR) is 64.4 cm³/mol. The number of phenolic OH excluding ortho intramolecular Hbond substituents is 1. The van der Waals surface area contributed by atoms with E-state index in [0.29, 0.717) is 11.1 Å². The molecule has 0 bridgehead atoms. The summed E-state index contributed by atoms with van der Waals surface area (Å²) >= 11 is 0. The third-order valence-corrected chi connectivity index (χ3v) is 2.29. The highest BCUT2D eigenvalue weighted by molar-refractivity contribution is 5.87. The van der Waals surface area contributed by atoms with E-state index in [1.807, 2.05) is 0 Å². The summed E-state index contributed by atoms with van der Waals surface area (Å²) < 4.78 is 4.45. The van der Waals surface area contributed by atoms with Crippen LogP contribution in [0.5, 0.6) is 5.75 Å². The van der Waals surface area contributed by atoms with Gasteiger partial charge < -0.3 is 14.9 Å². The first-order valence-electron chi connectivity index (χ1n) is 5.16. The highest BCUT2D eigenvalue weighted by atomic mass is 16.5.